The molecule has 0 saturated carbocycles. The highest BCUT2D eigenvalue weighted by Gasteiger charge is 2.39. The number of thioether (sulfide) groups is 1. The van der Waals surface area contributed by atoms with Crippen molar-refractivity contribution in [3.63, 3.8) is 0 Å². The lowest BCUT2D eigenvalue weighted by molar-refractivity contribution is -0.142. The molecule has 11 heteroatoms. The fourth-order valence-electron chi connectivity index (χ4n) is 5.13. The van der Waals surface area contributed by atoms with Crippen molar-refractivity contribution >= 4 is 46.1 Å². The van der Waals surface area contributed by atoms with Crippen molar-refractivity contribution in [1.29, 1.82) is 0 Å². The third-order valence-electron chi connectivity index (χ3n) is 6.97. The molecule has 212 valence electrons. The van der Waals surface area contributed by atoms with Crippen molar-refractivity contribution in [3.05, 3.63) is 48.0 Å². The summed E-state index contributed by atoms with van der Waals surface area (Å²) in [6.45, 7) is 2.06. The molecule has 1 aliphatic rings. The van der Waals surface area contributed by atoms with E-state index in [2.05, 4.69) is 16.0 Å². The number of amides is 2. The van der Waals surface area contributed by atoms with E-state index in [1.54, 1.807) is 4.90 Å². The van der Waals surface area contributed by atoms with Gasteiger partial charge in [-0.1, -0.05) is 42.5 Å². The fraction of sp³-hybridized carbons (Fsp3) is 0.500. The van der Waals surface area contributed by atoms with Gasteiger partial charge in [0.1, 0.15) is 12.1 Å². The van der Waals surface area contributed by atoms with Crippen LogP contribution in [0.25, 0.3) is 10.8 Å². The molecule has 3 rings (SSSR count). The molecule has 3 unspecified atom stereocenters. The molecule has 2 aromatic rings. The largest absolute Gasteiger partial charge is 0.480 e. The van der Waals surface area contributed by atoms with Gasteiger partial charge in [-0.05, 0) is 54.2 Å². The number of ketones is 1. The van der Waals surface area contributed by atoms with Gasteiger partial charge in [-0.2, -0.15) is 11.8 Å². The average Bonchev–Trinajstić information content (AvgIpc) is 3.44. The van der Waals surface area contributed by atoms with E-state index in [-0.39, 0.29) is 43.8 Å². The van der Waals surface area contributed by atoms with Crippen molar-refractivity contribution in [1.82, 2.24) is 20.9 Å². The van der Waals surface area contributed by atoms with Gasteiger partial charge in [-0.15, -0.1) is 0 Å². The minimum atomic E-state index is -1.10. The highest BCUT2D eigenvalue weighted by atomic mass is 32.2. The van der Waals surface area contributed by atoms with Gasteiger partial charge in [-0.25, -0.2) is 4.79 Å². The zero-order valence-electron chi connectivity index (χ0n) is 22.5. The third-order valence-corrected chi connectivity index (χ3v) is 7.61. The lowest BCUT2D eigenvalue weighted by Gasteiger charge is -2.36. The summed E-state index contributed by atoms with van der Waals surface area (Å²) in [6.07, 6.45) is 3.75. The quantitative estimate of drug-likeness (QED) is 0.217. The molecule has 1 fully saturated rings. The molecule has 0 bridgehead atoms. The first kappa shape index (κ1) is 30.6. The first-order chi connectivity index (χ1) is 18.7. The molecule has 2 aromatic carbocycles. The third kappa shape index (κ3) is 8.50. The molecule has 0 aliphatic carbocycles. The number of Topliss-reactive ketones (excluding diaryl/α,β-unsaturated/α-hetero) is 1. The standard InChI is InChI=1S/C28H39N5O5S/c1-18(34)31-24(15-29)27(36)26(22-11-6-13-30-22)33(17-25(35)32-23(28(37)38)12-14-39-2)16-20-9-5-8-19-7-3-4-10-21(19)20/h3-5,7-10,22-24,26,30H,6,11-17,29H2,1-2H3,(H,31,34)(H,32,35)(H,37,38)/t22-,23?,24?,26?/m0/s1. The summed E-state index contributed by atoms with van der Waals surface area (Å²) in [6, 6.07) is 10.8. The lowest BCUT2D eigenvalue weighted by Crippen LogP contribution is -2.61. The van der Waals surface area contributed by atoms with Crippen LogP contribution in [0, 0.1) is 0 Å². The Hall–Kier alpha value is -2.99. The number of carboxylic acids is 1. The normalized spacial score (nSPS) is 17.5. The number of fused-ring (bicyclic) bond motifs is 1. The van der Waals surface area contributed by atoms with Crippen LogP contribution in [0.5, 0.6) is 0 Å². The number of nitrogens with one attached hydrogen (secondary N) is 3. The Morgan fingerprint density at radius 2 is 1.87 bits per heavy atom. The van der Waals surface area contributed by atoms with Gasteiger partial charge in [0.25, 0.3) is 0 Å². The van der Waals surface area contributed by atoms with E-state index in [9.17, 15) is 24.3 Å². The van der Waals surface area contributed by atoms with Crippen molar-refractivity contribution < 1.29 is 24.3 Å². The smallest absolute Gasteiger partial charge is 0.326 e. The van der Waals surface area contributed by atoms with Gasteiger partial charge in [0.05, 0.1) is 12.6 Å². The molecule has 1 saturated heterocycles. The second-order valence-electron chi connectivity index (χ2n) is 9.82. The summed E-state index contributed by atoms with van der Waals surface area (Å²) in [5, 5.41) is 20.4. The molecule has 4 atom stereocenters. The number of aliphatic carboxylic acids is 1. The van der Waals surface area contributed by atoms with Crippen molar-refractivity contribution in [3.8, 4) is 0 Å². The van der Waals surface area contributed by atoms with E-state index in [1.807, 2.05) is 48.7 Å². The van der Waals surface area contributed by atoms with Crippen LogP contribution < -0.4 is 21.7 Å². The van der Waals surface area contributed by atoms with Crippen LogP contribution in [-0.2, 0) is 25.7 Å². The van der Waals surface area contributed by atoms with Crippen molar-refractivity contribution in [2.45, 2.75) is 56.9 Å². The van der Waals surface area contributed by atoms with E-state index < -0.39 is 30.0 Å². The molecule has 2 amide bonds. The van der Waals surface area contributed by atoms with Gasteiger partial charge >= 0.3 is 5.97 Å². The Morgan fingerprint density at radius 1 is 1.13 bits per heavy atom. The number of carboxylic acid groups (broad SMARTS) is 1. The maximum atomic E-state index is 13.9. The van der Waals surface area contributed by atoms with Gasteiger partial charge in [0.2, 0.25) is 11.8 Å². The lowest BCUT2D eigenvalue weighted by atomic mass is 9.93. The van der Waals surface area contributed by atoms with E-state index in [0.717, 1.165) is 29.3 Å². The number of nitrogens with two attached hydrogens (primary N) is 1. The summed E-state index contributed by atoms with van der Waals surface area (Å²) in [5.74, 6) is -1.65. The van der Waals surface area contributed by atoms with Crippen LogP contribution in [0.2, 0.25) is 0 Å². The first-order valence-corrected chi connectivity index (χ1v) is 14.6. The molecule has 10 nitrogen and oxygen atoms in total. The Bertz CT molecular complexity index is 1150. The van der Waals surface area contributed by atoms with Crippen LogP contribution in [-0.4, -0.2) is 89.4 Å². The predicted molar refractivity (Wildman–Crippen MR) is 153 cm³/mol. The Morgan fingerprint density at radius 3 is 2.51 bits per heavy atom. The Kier molecular flexibility index (Phi) is 11.7. The van der Waals surface area contributed by atoms with Crippen molar-refractivity contribution in [2.24, 2.45) is 5.73 Å². The maximum absolute atomic E-state index is 13.9. The Labute approximate surface area is 233 Å². The number of rotatable bonds is 15. The summed E-state index contributed by atoms with van der Waals surface area (Å²) in [5.41, 5.74) is 6.84. The SMILES string of the molecule is CSCCC(NC(=O)CN(Cc1cccc2ccccc12)C(C(=O)C(CN)NC(C)=O)[C@@H]1CCCN1)C(=O)O. The summed E-state index contributed by atoms with van der Waals surface area (Å²) in [7, 11) is 0. The number of carbonyl (C=O) groups excluding carboxylic acids is 3. The number of carbonyl (C=O) groups is 4. The minimum Gasteiger partial charge on any atom is -0.480 e. The Balaban J connectivity index is 1.99. The molecule has 6 N–H and O–H groups in total. The summed E-state index contributed by atoms with van der Waals surface area (Å²) < 4.78 is 0. The van der Waals surface area contributed by atoms with Crippen LogP contribution in [0.15, 0.2) is 42.5 Å². The van der Waals surface area contributed by atoms with E-state index in [0.29, 0.717) is 12.2 Å². The monoisotopic (exact) mass is 557 g/mol. The van der Waals surface area contributed by atoms with Crippen molar-refractivity contribution in [2.75, 3.05) is 31.6 Å². The first-order valence-electron chi connectivity index (χ1n) is 13.2. The van der Waals surface area contributed by atoms with Crippen LogP contribution >= 0.6 is 11.8 Å². The second kappa shape index (κ2) is 15.0. The number of nitrogens with zero attached hydrogens (tertiary/aromatic N) is 1. The molecule has 1 heterocycles. The van der Waals surface area contributed by atoms with Gasteiger partial charge in [0, 0.05) is 26.1 Å². The number of hydrogen-bond donors (Lipinski definition) is 5. The molecular formula is C28H39N5O5S. The molecular weight excluding hydrogens is 518 g/mol. The molecule has 0 radical (unpaired) electrons. The maximum Gasteiger partial charge on any atom is 0.326 e. The fourth-order valence-corrected chi connectivity index (χ4v) is 5.60. The summed E-state index contributed by atoms with van der Waals surface area (Å²) >= 11 is 1.50. The zero-order chi connectivity index (χ0) is 28.4. The second-order valence-corrected chi connectivity index (χ2v) is 10.8. The zero-order valence-corrected chi connectivity index (χ0v) is 23.3. The van der Waals surface area contributed by atoms with E-state index in [1.165, 1.54) is 18.7 Å². The highest BCUT2D eigenvalue weighted by Crippen LogP contribution is 2.24. The van der Waals surface area contributed by atoms with Crippen LogP contribution in [0.4, 0.5) is 0 Å². The van der Waals surface area contributed by atoms with E-state index >= 15 is 0 Å². The average molecular weight is 558 g/mol. The minimum absolute atomic E-state index is 0.0777. The predicted octanol–water partition coefficient (Wildman–Crippen LogP) is 1.12. The highest BCUT2D eigenvalue weighted by molar-refractivity contribution is 7.98. The summed E-state index contributed by atoms with van der Waals surface area (Å²) in [4.78, 5) is 52.7. The van der Waals surface area contributed by atoms with Gasteiger partial charge < -0.3 is 26.8 Å². The molecule has 0 spiro atoms. The molecule has 0 aromatic heterocycles. The van der Waals surface area contributed by atoms with Crippen LogP contribution in [0.1, 0.15) is 31.7 Å². The topological polar surface area (TPSA) is 154 Å². The molecule has 39 heavy (non-hydrogen) atoms. The van der Waals surface area contributed by atoms with Gasteiger partial charge in [-0.3, -0.25) is 19.3 Å². The van der Waals surface area contributed by atoms with Gasteiger partial charge in [0.15, 0.2) is 5.78 Å². The molecule has 1 aliphatic heterocycles. The van der Waals surface area contributed by atoms with Crippen LogP contribution in [0.3, 0.4) is 0 Å². The number of hydrogen-bond acceptors (Lipinski definition) is 8. The number of benzene rings is 2. The van der Waals surface area contributed by atoms with E-state index in [4.69, 9.17) is 5.73 Å².